The third-order valence-corrected chi connectivity index (χ3v) is 15.3. The van der Waals surface area contributed by atoms with Crippen LogP contribution in [-0.2, 0) is 23.8 Å². The topological polar surface area (TPSA) is 187 Å². The lowest BCUT2D eigenvalue weighted by Gasteiger charge is -2.68. The number of Topliss-reactive ketones (excluding diaryl/α,β-unsaturated/α-hetero) is 1. The fourth-order valence-corrected chi connectivity index (χ4v) is 12.1. The van der Waals surface area contributed by atoms with E-state index >= 15 is 0 Å². The molecule has 0 aromatic heterocycles. The summed E-state index contributed by atoms with van der Waals surface area (Å²) in [5.74, 6) is -0.0363. The van der Waals surface area contributed by atoms with E-state index in [-0.39, 0.29) is 52.5 Å². The molecule has 0 bridgehead atoms. The van der Waals surface area contributed by atoms with Gasteiger partial charge in [-0.05, 0) is 99.7 Å². The molecule has 0 aromatic rings. The Morgan fingerprint density at radius 2 is 1.47 bits per heavy atom. The molecule has 0 radical (unpaired) electrons. The van der Waals surface area contributed by atoms with E-state index in [9.17, 15) is 40.2 Å². The lowest BCUT2D eigenvalue weighted by atomic mass is 9.37. The number of ether oxygens (including phenoxy) is 3. The average Bonchev–Trinajstić information content (AvgIpc) is 3.56. The van der Waals surface area contributed by atoms with Crippen LogP contribution in [0, 0.1) is 51.2 Å². The number of hydrogen-bond donors (Lipinski definition) is 6. The lowest BCUT2D eigenvalue weighted by Crippen LogP contribution is -2.68. The summed E-state index contributed by atoms with van der Waals surface area (Å²) in [6.07, 6.45) is -4.47. The molecule has 11 nitrogen and oxygen atoms in total. The number of ketones is 1. The van der Waals surface area contributed by atoms with Gasteiger partial charge in [0.2, 0.25) is 6.29 Å². The SMILES string of the molecule is C[C@H](CC(=O)[C@@H]1OC1(C)C)[C@@H]1CC[C@]2(C)[C@H]3CC[C@H]4[C@](C)(C(=O)O[C@H]5O[C@@H](CO)[C@H](O)[C@@H](O)[C@@H]5O)[C@@H](O)C[C@@H](O)[C@@]4(C)[C@@H]3CC[C@@]12C. The molecule has 2 saturated heterocycles. The zero-order valence-corrected chi connectivity index (χ0v) is 29.1. The van der Waals surface area contributed by atoms with Gasteiger partial charge in [-0.1, -0.05) is 27.7 Å². The summed E-state index contributed by atoms with van der Waals surface area (Å²) in [5.41, 5.74) is -2.51. The van der Waals surface area contributed by atoms with E-state index in [1.54, 1.807) is 6.92 Å². The standard InChI is InChI=1S/C36H58O11/c1-17(14-21(38)29-32(2,3)47-29)18-10-12-34(5)19-8-9-23-35(6,20(19)11-13-33(18,34)4)24(39)15-25(40)36(23,7)31(44)46-30-28(43)27(42)26(41)22(16-37)45-30/h17-20,22-30,37,39-43H,8-16H2,1-7H3/t17-,18+,19+,20-,22+,23-,24-,25+,26+,27-,28+,29+,30-,33+,34-,35+,36+/m1/s1. The number of carbonyl (C=O) groups excluding carboxylic acids is 2. The first-order chi connectivity index (χ1) is 21.8. The summed E-state index contributed by atoms with van der Waals surface area (Å²) in [6, 6.07) is 0. The van der Waals surface area contributed by atoms with Crippen LogP contribution >= 0.6 is 0 Å². The minimum atomic E-state index is -1.75. The molecule has 0 amide bonds. The van der Waals surface area contributed by atoms with Gasteiger partial charge >= 0.3 is 5.97 Å². The van der Waals surface area contributed by atoms with Crippen LogP contribution in [0.1, 0.15) is 99.8 Å². The van der Waals surface area contributed by atoms with Crippen LogP contribution in [0.5, 0.6) is 0 Å². The summed E-state index contributed by atoms with van der Waals surface area (Å²) in [4.78, 5) is 27.2. The molecule has 0 spiro atoms. The molecule has 11 heteroatoms. The molecule has 6 N–H and O–H groups in total. The smallest absolute Gasteiger partial charge is 0.317 e. The summed E-state index contributed by atoms with van der Waals surface area (Å²) < 4.78 is 16.8. The van der Waals surface area contributed by atoms with Crippen molar-refractivity contribution in [2.45, 2.75) is 154 Å². The molecule has 2 aliphatic heterocycles. The third kappa shape index (κ3) is 5.03. The highest BCUT2D eigenvalue weighted by molar-refractivity contribution is 5.87. The molecule has 47 heavy (non-hydrogen) atoms. The second-order valence-electron chi connectivity index (χ2n) is 17.6. The van der Waals surface area contributed by atoms with E-state index in [0.717, 1.165) is 32.1 Å². The van der Waals surface area contributed by atoms with Crippen LogP contribution in [0.15, 0.2) is 0 Å². The number of fused-ring (bicyclic) bond motifs is 5. The van der Waals surface area contributed by atoms with Gasteiger partial charge in [-0.15, -0.1) is 0 Å². The highest BCUT2D eigenvalue weighted by atomic mass is 16.7. The third-order valence-electron chi connectivity index (χ3n) is 15.3. The monoisotopic (exact) mass is 666 g/mol. The minimum absolute atomic E-state index is 0.00810. The van der Waals surface area contributed by atoms with E-state index < -0.39 is 72.2 Å². The molecule has 6 fully saturated rings. The van der Waals surface area contributed by atoms with Crippen molar-refractivity contribution in [3.8, 4) is 0 Å². The van der Waals surface area contributed by atoms with Crippen LogP contribution in [-0.4, -0.2) is 104 Å². The molecule has 4 aliphatic carbocycles. The van der Waals surface area contributed by atoms with Gasteiger partial charge < -0.3 is 44.8 Å². The van der Waals surface area contributed by atoms with Crippen molar-refractivity contribution in [3.63, 3.8) is 0 Å². The summed E-state index contributed by atoms with van der Waals surface area (Å²) in [6.45, 7) is 14.1. The van der Waals surface area contributed by atoms with Gasteiger partial charge in [0.1, 0.15) is 30.5 Å². The van der Waals surface area contributed by atoms with Crippen LogP contribution in [0.25, 0.3) is 0 Å². The Hall–Kier alpha value is -1.18. The molecular formula is C36H58O11. The maximum atomic E-state index is 14.1. The van der Waals surface area contributed by atoms with Gasteiger partial charge in [0.05, 0.1) is 29.8 Å². The lowest BCUT2D eigenvalue weighted by molar-refractivity contribution is -0.303. The first-order valence-corrected chi connectivity index (χ1v) is 17.9. The fraction of sp³-hybridized carbons (Fsp3) is 0.944. The van der Waals surface area contributed by atoms with Crippen LogP contribution in [0.3, 0.4) is 0 Å². The summed E-state index contributed by atoms with van der Waals surface area (Å²) in [7, 11) is 0. The van der Waals surface area contributed by atoms with E-state index in [2.05, 4.69) is 27.7 Å². The predicted octanol–water partition coefficient (Wildman–Crippen LogP) is 2.10. The van der Waals surface area contributed by atoms with Crippen molar-refractivity contribution >= 4 is 11.8 Å². The Bertz CT molecular complexity index is 1240. The van der Waals surface area contributed by atoms with Crippen molar-refractivity contribution in [3.05, 3.63) is 0 Å². The Balaban J connectivity index is 1.23. The van der Waals surface area contributed by atoms with Crippen LogP contribution in [0.4, 0.5) is 0 Å². The molecular weight excluding hydrogens is 608 g/mol. The zero-order chi connectivity index (χ0) is 34.6. The minimum Gasteiger partial charge on any atom is -0.432 e. The van der Waals surface area contributed by atoms with Crippen molar-refractivity contribution in [2.24, 2.45) is 51.2 Å². The molecule has 4 saturated carbocycles. The van der Waals surface area contributed by atoms with Crippen molar-refractivity contribution in [2.75, 3.05) is 6.61 Å². The van der Waals surface area contributed by atoms with Crippen LogP contribution < -0.4 is 0 Å². The molecule has 17 atom stereocenters. The second-order valence-corrected chi connectivity index (χ2v) is 17.6. The summed E-state index contributed by atoms with van der Waals surface area (Å²) >= 11 is 0. The molecule has 6 aliphatic rings. The Kier molecular flexibility index (Phi) is 8.86. The number of aliphatic hydroxyl groups is 6. The molecule has 0 unspecified atom stereocenters. The number of carbonyl (C=O) groups is 2. The maximum absolute atomic E-state index is 14.1. The largest absolute Gasteiger partial charge is 0.432 e. The van der Waals surface area contributed by atoms with Gasteiger partial charge in [-0.3, -0.25) is 9.59 Å². The van der Waals surface area contributed by atoms with Gasteiger partial charge in [0, 0.05) is 18.3 Å². The number of aliphatic hydroxyl groups excluding tert-OH is 6. The van der Waals surface area contributed by atoms with Gasteiger partial charge in [-0.25, -0.2) is 0 Å². The average molecular weight is 667 g/mol. The zero-order valence-electron chi connectivity index (χ0n) is 29.1. The normalized spacial score (nSPS) is 54.1. The van der Waals surface area contributed by atoms with Crippen molar-refractivity contribution in [1.82, 2.24) is 0 Å². The maximum Gasteiger partial charge on any atom is 0.317 e. The first kappa shape index (κ1) is 35.6. The van der Waals surface area contributed by atoms with Crippen LogP contribution in [0.2, 0.25) is 0 Å². The predicted molar refractivity (Wildman–Crippen MR) is 168 cm³/mol. The molecule has 0 aromatic carbocycles. The van der Waals surface area contributed by atoms with Gasteiger partial charge in [0.15, 0.2) is 5.78 Å². The van der Waals surface area contributed by atoms with E-state index in [4.69, 9.17) is 14.2 Å². The quantitative estimate of drug-likeness (QED) is 0.173. The van der Waals surface area contributed by atoms with E-state index in [1.807, 2.05) is 13.8 Å². The number of epoxide rings is 1. The van der Waals surface area contributed by atoms with Gasteiger partial charge in [-0.2, -0.15) is 0 Å². The second kappa shape index (κ2) is 11.7. The molecule has 6 rings (SSSR count). The van der Waals surface area contributed by atoms with E-state index in [1.165, 1.54) is 0 Å². The Morgan fingerprint density at radius 3 is 2.09 bits per heavy atom. The summed E-state index contributed by atoms with van der Waals surface area (Å²) in [5, 5.41) is 63.9. The Labute approximate surface area is 278 Å². The molecule has 2 heterocycles. The fourth-order valence-electron chi connectivity index (χ4n) is 12.1. The van der Waals surface area contributed by atoms with Gasteiger partial charge in [0.25, 0.3) is 0 Å². The van der Waals surface area contributed by atoms with Crippen molar-refractivity contribution < 1.29 is 54.4 Å². The van der Waals surface area contributed by atoms with Crippen molar-refractivity contribution in [1.29, 1.82) is 0 Å². The number of hydrogen-bond acceptors (Lipinski definition) is 11. The Morgan fingerprint density at radius 1 is 0.830 bits per heavy atom. The molecule has 268 valence electrons. The number of rotatable bonds is 7. The first-order valence-electron chi connectivity index (χ1n) is 17.9. The van der Waals surface area contributed by atoms with E-state index in [0.29, 0.717) is 18.8 Å². The number of esters is 1. The highest BCUT2D eigenvalue weighted by Crippen LogP contribution is 2.75. The highest BCUT2D eigenvalue weighted by Gasteiger charge is 2.71.